The second-order valence-electron chi connectivity index (χ2n) is 3.42. The van der Waals surface area contributed by atoms with Gasteiger partial charge in [-0.3, -0.25) is 4.79 Å². The second kappa shape index (κ2) is 3.04. The van der Waals surface area contributed by atoms with E-state index >= 15 is 0 Å². The Kier molecular flexibility index (Phi) is 1.98. The molecule has 1 N–H and O–H groups in total. The Bertz CT molecular complexity index is 369. The number of aliphatic carboxylic acids is 1. The van der Waals surface area contributed by atoms with Crippen LogP contribution in [0.1, 0.15) is 17.9 Å². The summed E-state index contributed by atoms with van der Waals surface area (Å²) in [6.07, 6.45) is 0.327. The zero-order chi connectivity index (χ0) is 10.3. The third-order valence-electron chi connectivity index (χ3n) is 2.48. The molecule has 2 rings (SSSR count). The highest BCUT2D eigenvalue weighted by Gasteiger charge is 2.46. The Morgan fingerprint density at radius 1 is 1.36 bits per heavy atom. The molecular weight excluding hydrogens is 190 g/mol. The van der Waals surface area contributed by atoms with Crippen molar-refractivity contribution < 1.29 is 18.7 Å². The summed E-state index contributed by atoms with van der Waals surface area (Å²) in [7, 11) is 0. The number of rotatable bonds is 2. The summed E-state index contributed by atoms with van der Waals surface area (Å²) in [5.41, 5.74) is -0.0834. The molecule has 0 saturated heterocycles. The van der Waals surface area contributed by atoms with Crippen molar-refractivity contribution in [3.63, 3.8) is 0 Å². The Labute approximate surface area is 79.2 Å². The van der Waals surface area contributed by atoms with E-state index < -0.39 is 29.4 Å². The molecule has 0 heterocycles. The van der Waals surface area contributed by atoms with Crippen molar-refractivity contribution in [1.29, 1.82) is 0 Å². The van der Waals surface area contributed by atoms with Gasteiger partial charge >= 0.3 is 5.97 Å². The summed E-state index contributed by atoms with van der Waals surface area (Å²) >= 11 is 0. The second-order valence-corrected chi connectivity index (χ2v) is 3.42. The van der Waals surface area contributed by atoms with Crippen molar-refractivity contribution in [2.24, 2.45) is 5.92 Å². The number of halogens is 2. The number of carbonyl (C=O) groups is 1. The monoisotopic (exact) mass is 198 g/mol. The lowest BCUT2D eigenvalue weighted by molar-refractivity contribution is -0.138. The third kappa shape index (κ3) is 1.36. The van der Waals surface area contributed by atoms with Crippen molar-refractivity contribution in [3.8, 4) is 0 Å². The van der Waals surface area contributed by atoms with Crippen LogP contribution in [0.2, 0.25) is 0 Å². The summed E-state index contributed by atoms with van der Waals surface area (Å²) in [6, 6.07) is 3.57. The Morgan fingerprint density at radius 2 is 1.93 bits per heavy atom. The van der Waals surface area contributed by atoms with Crippen molar-refractivity contribution in [1.82, 2.24) is 0 Å². The molecule has 1 aromatic rings. The molecule has 74 valence electrons. The number of carboxylic acids is 1. The van der Waals surface area contributed by atoms with Crippen LogP contribution in [0, 0.1) is 17.6 Å². The number of benzene rings is 1. The predicted octanol–water partition coefficient (Wildman–Crippen LogP) is 2.15. The average molecular weight is 198 g/mol. The molecule has 1 aliphatic rings. The average Bonchev–Trinajstić information content (AvgIpc) is 2.83. The van der Waals surface area contributed by atoms with E-state index in [0.717, 1.165) is 12.1 Å². The van der Waals surface area contributed by atoms with E-state index in [4.69, 9.17) is 5.11 Å². The summed E-state index contributed by atoms with van der Waals surface area (Å²) in [5, 5.41) is 8.62. The first kappa shape index (κ1) is 9.12. The van der Waals surface area contributed by atoms with Gasteiger partial charge in [0.05, 0.1) is 5.92 Å². The zero-order valence-corrected chi connectivity index (χ0v) is 7.21. The standard InChI is InChI=1S/C10H8F2O2/c11-7-2-1-3-8(12)9(7)5-4-6(5)10(13)14/h1-3,5-6H,4H2,(H,13,14)/t5-,6-/m1/s1. The Hall–Kier alpha value is -1.45. The maximum Gasteiger partial charge on any atom is 0.307 e. The molecule has 0 amide bonds. The largest absolute Gasteiger partial charge is 0.481 e. The van der Waals surface area contributed by atoms with Gasteiger partial charge in [0.25, 0.3) is 0 Å². The lowest BCUT2D eigenvalue weighted by atomic mass is 10.1. The first-order chi connectivity index (χ1) is 6.61. The van der Waals surface area contributed by atoms with Gasteiger partial charge in [0.15, 0.2) is 0 Å². The molecule has 0 spiro atoms. The van der Waals surface area contributed by atoms with E-state index in [1.807, 2.05) is 0 Å². The fraction of sp³-hybridized carbons (Fsp3) is 0.300. The number of hydrogen-bond acceptors (Lipinski definition) is 1. The summed E-state index contributed by atoms with van der Waals surface area (Å²) in [5.74, 6) is -3.41. The highest BCUT2D eigenvalue weighted by Crippen LogP contribution is 2.49. The van der Waals surface area contributed by atoms with Crippen LogP contribution in [-0.4, -0.2) is 11.1 Å². The van der Waals surface area contributed by atoms with Gasteiger partial charge in [0.1, 0.15) is 11.6 Å². The van der Waals surface area contributed by atoms with Gasteiger partial charge in [-0.2, -0.15) is 0 Å². The van der Waals surface area contributed by atoms with Crippen LogP contribution in [0.3, 0.4) is 0 Å². The van der Waals surface area contributed by atoms with Crippen molar-refractivity contribution >= 4 is 5.97 Å². The Morgan fingerprint density at radius 3 is 2.36 bits per heavy atom. The highest BCUT2D eigenvalue weighted by molar-refractivity contribution is 5.75. The van der Waals surface area contributed by atoms with Crippen LogP contribution < -0.4 is 0 Å². The van der Waals surface area contributed by atoms with Gasteiger partial charge in [-0.25, -0.2) is 8.78 Å². The van der Waals surface area contributed by atoms with E-state index in [1.54, 1.807) is 0 Å². The predicted molar refractivity (Wildman–Crippen MR) is 44.8 cm³/mol. The van der Waals surface area contributed by atoms with Crippen molar-refractivity contribution in [2.45, 2.75) is 12.3 Å². The van der Waals surface area contributed by atoms with Gasteiger partial charge in [-0.1, -0.05) is 6.07 Å². The smallest absolute Gasteiger partial charge is 0.307 e. The molecule has 0 bridgehead atoms. The molecule has 0 unspecified atom stereocenters. The lowest BCUT2D eigenvalue weighted by Gasteiger charge is -2.01. The molecule has 0 radical (unpaired) electrons. The fourth-order valence-corrected chi connectivity index (χ4v) is 1.65. The maximum absolute atomic E-state index is 13.1. The lowest BCUT2D eigenvalue weighted by Crippen LogP contribution is -2.01. The van der Waals surface area contributed by atoms with Crippen LogP contribution >= 0.6 is 0 Å². The minimum absolute atomic E-state index is 0.0834. The van der Waals surface area contributed by atoms with E-state index in [2.05, 4.69) is 0 Å². The minimum atomic E-state index is -0.988. The van der Waals surface area contributed by atoms with Crippen LogP contribution in [0.25, 0.3) is 0 Å². The third-order valence-corrected chi connectivity index (χ3v) is 2.48. The minimum Gasteiger partial charge on any atom is -0.481 e. The molecule has 2 nitrogen and oxygen atoms in total. The molecule has 14 heavy (non-hydrogen) atoms. The van der Waals surface area contributed by atoms with Gasteiger partial charge in [0.2, 0.25) is 0 Å². The number of hydrogen-bond donors (Lipinski definition) is 1. The quantitative estimate of drug-likeness (QED) is 0.790. The normalized spacial score (nSPS) is 24.7. The molecule has 1 aliphatic carbocycles. The first-order valence-corrected chi connectivity index (χ1v) is 4.28. The van der Waals surface area contributed by atoms with E-state index in [0.29, 0.717) is 6.42 Å². The summed E-state index contributed by atoms with van der Waals surface area (Å²) in [6.45, 7) is 0. The molecule has 1 saturated carbocycles. The van der Waals surface area contributed by atoms with Gasteiger partial charge < -0.3 is 5.11 Å². The number of carboxylic acid groups (broad SMARTS) is 1. The summed E-state index contributed by atoms with van der Waals surface area (Å²) < 4.78 is 26.3. The molecule has 1 aromatic carbocycles. The van der Waals surface area contributed by atoms with Gasteiger partial charge in [-0.05, 0) is 18.6 Å². The van der Waals surface area contributed by atoms with Crippen LogP contribution in [0.15, 0.2) is 18.2 Å². The SMILES string of the molecule is O=C(O)[C@@H]1C[C@H]1c1c(F)cccc1F. The summed E-state index contributed by atoms with van der Waals surface area (Å²) in [4.78, 5) is 10.5. The maximum atomic E-state index is 13.1. The molecular formula is C10H8F2O2. The van der Waals surface area contributed by atoms with E-state index in [1.165, 1.54) is 6.07 Å². The molecule has 0 aliphatic heterocycles. The molecule has 1 fully saturated rings. The van der Waals surface area contributed by atoms with Gasteiger partial charge in [0, 0.05) is 11.5 Å². The van der Waals surface area contributed by atoms with Crippen molar-refractivity contribution in [2.75, 3.05) is 0 Å². The molecule has 0 aromatic heterocycles. The molecule has 4 heteroatoms. The topological polar surface area (TPSA) is 37.3 Å². The van der Waals surface area contributed by atoms with E-state index in [-0.39, 0.29) is 5.56 Å². The zero-order valence-electron chi connectivity index (χ0n) is 7.21. The molecule has 2 atom stereocenters. The first-order valence-electron chi connectivity index (χ1n) is 4.28. The van der Waals surface area contributed by atoms with E-state index in [9.17, 15) is 13.6 Å². The van der Waals surface area contributed by atoms with Gasteiger partial charge in [-0.15, -0.1) is 0 Å². The van der Waals surface area contributed by atoms with Crippen LogP contribution in [0.4, 0.5) is 8.78 Å². The van der Waals surface area contributed by atoms with Crippen LogP contribution in [-0.2, 0) is 4.79 Å². The highest BCUT2D eigenvalue weighted by atomic mass is 19.1. The fourth-order valence-electron chi connectivity index (χ4n) is 1.65. The van der Waals surface area contributed by atoms with Crippen molar-refractivity contribution in [3.05, 3.63) is 35.4 Å². The Balaban J connectivity index is 2.31. The van der Waals surface area contributed by atoms with Crippen LogP contribution in [0.5, 0.6) is 0 Å².